The highest BCUT2D eigenvalue weighted by Crippen LogP contribution is 2.09. The van der Waals surface area contributed by atoms with Crippen LogP contribution >= 0.6 is 0 Å². The van der Waals surface area contributed by atoms with Gasteiger partial charge in [-0.3, -0.25) is 19.2 Å². The lowest BCUT2D eigenvalue weighted by atomic mass is 10.1. The summed E-state index contributed by atoms with van der Waals surface area (Å²) in [4.78, 5) is 57.0. The quantitative estimate of drug-likeness (QED) is 0.222. The average molecular weight is 416 g/mol. The Morgan fingerprint density at radius 2 is 1.31 bits per heavy atom. The number of amides is 2. The molecule has 0 radical (unpaired) electrons. The third-order valence-corrected chi connectivity index (χ3v) is 4.30. The van der Waals surface area contributed by atoms with Gasteiger partial charge in [0, 0.05) is 12.8 Å². The highest BCUT2D eigenvalue weighted by molar-refractivity contribution is 5.92. The zero-order valence-corrected chi connectivity index (χ0v) is 16.8. The lowest BCUT2D eigenvalue weighted by Crippen LogP contribution is -2.52. The SMILES string of the molecule is CCCCCCCCCC(=O)NC(CC(=O)O)C(=O)NC(CCC(=O)O)C(=O)O. The lowest BCUT2D eigenvalue weighted by molar-refractivity contribution is -0.144. The third kappa shape index (κ3) is 14.1. The Balaban J connectivity index is 4.59. The molecule has 0 saturated carbocycles. The number of rotatable bonds is 17. The molecule has 0 aliphatic heterocycles. The van der Waals surface area contributed by atoms with Gasteiger partial charge in [0.2, 0.25) is 11.8 Å². The molecular formula is C19H32N2O8. The van der Waals surface area contributed by atoms with Crippen molar-refractivity contribution in [3.05, 3.63) is 0 Å². The van der Waals surface area contributed by atoms with Crippen LogP contribution in [0.25, 0.3) is 0 Å². The second-order valence-electron chi connectivity index (χ2n) is 6.92. The van der Waals surface area contributed by atoms with Crippen LogP contribution in [0.15, 0.2) is 0 Å². The van der Waals surface area contributed by atoms with Crippen LogP contribution in [-0.2, 0) is 24.0 Å². The third-order valence-electron chi connectivity index (χ3n) is 4.30. The monoisotopic (exact) mass is 416 g/mol. The van der Waals surface area contributed by atoms with Gasteiger partial charge in [-0.2, -0.15) is 0 Å². The standard InChI is InChI=1S/C19H32N2O8/c1-2-3-4-5-6-7-8-9-15(22)20-14(12-17(25)26)18(27)21-13(19(28)29)10-11-16(23)24/h13-14H,2-12H2,1H3,(H,20,22)(H,21,27)(H,23,24)(H,25,26)(H,28,29). The fourth-order valence-corrected chi connectivity index (χ4v) is 2.69. The highest BCUT2D eigenvalue weighted by atomic mass is 16.4. The van der Waals surface area contributed by atoms with E-state index in [0.717, 1.165) is 32.1 Å². The summed E-state index contributed by atoms with van der Waals surface area (Å²) >= 11 is 0. The van der Waals surface area contributed by atoms with Crippen LogP contribution in [0.3, 0.4) is 0 Å². The molecule has 2 unspecified atom stereocenters. The van der Waals surface area contributed by atoms with Crippen LogP contribution in [0.2, 0.25) is 0 Å². The van der Waals surface area contributed by atoms with Gasteiger partial charge in [0.1, 0.15) is 12.1 Å². The van der Waals surface area contributed by atoms with Crippen LogP contribution in [0.4, 0.5) is 0 Å². The van der Waals surface area contributed by atoms with Crippen molar-refractivity contribution in [2.75, 3.05) is 0 Å². The lowest BCUT2D eigenvalue weighted by Gasteiger charge is -2.20. The van der Waals surface area contributed by atoms with E-state index < -0.39 is 54.6 Å². The second-order valence-corrected chi connectivity index (χ2v) is 6.92. The van der Waals surface area contributed by atoms with Gasteiger partial charge in [-0.25, -0.2) is 4.79 Å². The zero-order chi connectivity index (χ0) is 22.2. The molecule has 0 heterocycles. The Morgan fingerprint density at radius 3 is 1.83 bits per heavy atom. The maximum absolute atomic E-state index is 12.3. The second kappa shape index (κ2) is 15.3. The number of carboxylic acid groups (broad SMARTS) is 3. The number of unbranched alkanes of at least 4 members (excludes halogenated alkanes) is 6. The van der Waals surface area contributed by atoms with Crippen molar-refractivity contribution in [3.8, 4) is 0 Å². The summed E-state index contributed by atoms with van der Waals surface area (Å²) in [6, 6.07) is -2.92. The van der Waals surface area contributed by atoms with Gasteiger partial charge in [0.05, 0.1) is 6.42 Å². The molecule has 0 aliphatic carbocycles. The molecule has 2 amide bonds. The van der Waals surface area contributed by atoms with Gasteiger partial charge in [0.15, 0.2) is 0 Å². The van der Waals surface area contributed by atoms with Crippen molar-refractivity contribution < 1.29 is 39.3 Å². The van der Waals surface area contributed by atoms with Crippen molar-refractivity contribution in [2.24, 2.45) is 0 Å². The Hall–Kier alpha value is -2.65. The summed E-state index contributed by atoms with van der Waals surface area (Å²) in [7, 11) is 0. The molecule has 0 spiro atoms. The molecule has 166 valence electrons. The molecule has 10 nitrogen and oxygen atoms in total. The van der Waals surface area contributed by atoms with Crippen molar-refractivity contribution in [3.63, 3.8) is 0 Å². The van der Waals surface area contributed by atoms with E-state index in [4.69, 9.17) is 15.3 Å². The summed E-state index contributed by atoms with van der Waals surface area (Å²) < 4.78 is 0. The molecule has 2 atom stereocenters. The van der Waals surface area contributed by atoms with Gasteiger partial charge in [-0.05, 0) is 12.8 Å². The van der Waals surface area contributed by atoms with E-state index in [1.54, 1.807) is 0 Å². The molecule has 0 aromatic carbocycles. The Kier molecular flexibility index (Phi) is 13.9. The summed E-state index contributed by atoms with van der Waals surface area (Å²) in [5, 5.41) is 31.1. The van der Waals surface area contributed by atoms with E-state index in [1.807, 2.05) is 0 Å². The van der Waals surface area contributed by atoms with E-state index >= 15 is 0 Å². The molecule has 0 aliphatic rings. The van der Waals surface area contributed by atoms with Gasteiger partial charge >= 0.3 is 17.9 Å². The summed E-state index contributed by atoms with van der Waals surface area (Å²) in [6.07, 6.45) is 5.61. The van der Waals surface area contributed by atoms with Crippen molar-refractivity contribution in [2.45, 2.75) is 89.6 Å². The van der Waals surface area contributed by atoms with E-state index in [2.05, 4.69) is 17.6 Å². The normalized spacial score (nSPS) is 12.6. The van der Waals surface area contributed by atoms with Gasteiger partial charge < -0.3 is 26.0 Å². The van der Waals surface area contributed by atoms with E-state index in [9.17, 15) is 24.0 Å². The highest BCUT2D eigenvalue weighted by Gasteiger charge is 2.28. The first-order valence-electron chi connectivity index (χ1n) is 9.93. The maximum Gasteiger partial charge on any atom is 0.326 e. The number of carbonyl (C=O) groups is 5. The number of hydrogen-bond acceptors (Lipinski definition) is 5. The molecule has 5 N–H and O–H groups in total. The first kappa shape index (κ1) is 26.4. The van der Waals surface area contributed by atoms with Crippen LogP contribution in [-0.4, -0.2) is 57.1 Å². The van der Waals surface area contributed by atoms with Gasteiger partial charge in [-0.1, -0.05) is 45.4 Å². The summed E-state index contributed by atoms with van der Waals surface area (Å²) in [6.45, 7) is 2.12. The predicted molar refractivity (Wildman–Crippen MR) is 103 cm³/mol. The van der Waals surface area contributed by atoms with Gasteiger partial charge in [-0.15, -0.1) is 0 Å². The maximum atomic E-state index is 12.3. The number of nitrogens with one attached hydrogen (secondary N) is 2. The molecular weight excluding hydrogens is 384 g/mol. The number of carboxylic acids is 3. The minimum Gasteiger partial charge on any atom is -0.481 e. The minimum absolute atomic E-state index is 0.137. The van der Waals surface area contributed by atoms with Gasteiger partial charge in [0.25, 0.3) is 0 Å². The Labute approximate surface area is 170 Å². The largest absolute Gasteiger partial charge is 0.481 e. The first-order chi connectivity index (χ1) is 13.7. The van der Waals surface area contributed by atoms with Crippen molar-refractivity contribution in [1.82, 2.24) is 10.6 Å². The van der Waals surface area contributed by atoms with E-state index in [1.165, 1.54) is 6.42 Å². The van der Waals surface area contributed by atoms with E-state index in [-0.39, 0.29) is 12.8 Å². The smallest absolute Gasteiger partial charge is 0.326 e. The fraction of sp³-hybridized carbons (Fsp3) is 0.737. The number of hydrogen-bond donors (Lipinski definition) is 5. The van der Waals surface area contributed by atoms with Crippen molar-refractivity contribution in [1.29, 1.82) is 0 Å². The molecule has 0 bridgehead atoms. The van der Waals surface area contributed by atoms with E-state index in [0.29, 0.717) is 6.42 Å². The first-order valence-corrected chi connectivity index (χ1v) is 9.93. The van der Waals surface area contributed by atoms with Crippen LogP contribution < -0.4 is 10.6 Å². The zero-order valence-electron chi connectivity index (χ0n) is 16.8. The summed E-state index contributed by atoms with van der Waals surface area (Å²) in [5.41, 5.74) is 0. The molecule has 0 fully saturated rings. The predicted octanol–water partition coefficient (Wildman–Crippen LogP) is 1.52. The summed E-state index contributed by atoms with van der Waals surface area (Å²) in [5.74, 6) is -5.46. The minimum atomic E-state index is -1.49. The van der Waals surface area contributed by atoms with Crippen LogP contribution in [0.5, 0.6) is 0 Å². The molecule has 0 saturated heterocycles. The molecule has 0 rings (SSSR count). The Morgan fingerprint density at radius 1 is 0.724 bits per heavy atom. The number of aliphatic carboxylic acids is 3. The molecule has 29 heavy (non-hydrogen) atoms. The van der Waals surface area contributed by atoms with Crippen molar-refractivity contribution >= 4 is 29.7 Å². The number of carbonyl (C=O) groups excluding carboxylic acids is 2. The fourth-order valence-electron chi connectivity index (χ4n) is 2.69. The topological polar surface area (TPSA) is 170 Å². The Bertz CT molecular complexity index is 564. The molecule has 0 aromatic rings. The molecule has 0 aromatic heterocycles. The van der Waals surface area contributed by atoms with Crippen LogP contribution in [0, 0.1) is 0 Å². The molecule has 10 heteroatoms. The average Bonchev–Trinajstić information content (AvgIpc) is 2.62. The van der Waals surface area contributed by atoms with Crippen LogP contribution in [0.1, 0.15) is 77.6 Å².